The fraction of sp³-hybridized carbons (Fsp3) is 0.250. The molecule has 2 heterocycles. The summed E-state index contributed by atoms with van der Waals surface area (Å²) in [6.07, 6.45) is 1.66. The highest BCUT2D eigenvalue weighted by Crippen LogP contribution is 2.29. The quantitative estimate of drug-likeness (QED) is 0.911. The smallest absolute Gasteiger partial charge is 0.242 e. The van der Waals surface area contributed by atoms with Gasteiger partial charge in [-0.3, -0.25) is 4.98 Å². The van der Waals surface area contributed by atoms with Crippen LogP contribution >= 0.6 is 27.3 Å². The van der Waals surface area contributed by atoms with Gasteiger partial charge in [0.25, 0.3) is 0 Å². The summed E-state index contributed by atoms with van der Waals surface area (Å²) in [6, 6.07) is 5.35. The molecule has 0 aromatic carbocycles. The van der Waals surface area contributed by atoms with Gasteiger partial charge in [0, 0.05) is 11.1 Å². The maximum Gasteiger partial charge on any atom is 0.242 e. The highest BCUT2D eigenvalue weighted by atomic mass is 79.9. The van der Waals surface area contributed by atoms with E-state index in [4.69, 9.17) is 0 Å². The van der Waals surface area contributed by atoms with Crippen LogP contribution in [-0.2, 0) is 16.6 Å². The lowest BCUT2D eigenvalue weighted by molar-refractivity contribution is 0.580. The molecule has 0 aliphatic rings. The lowest BCUT2D eigenvalue weighted by Crippen LogP contribution is -2.24. The van der Waals surface area contributed by atoms with Crippen LogP contribution in [0.3, 0.4) is 0 Å². The van der Waals surface area contributed by atoms with Gasteiger partial charge in [-0.15, -0.1) is 11.3 Å². The molecule has 1 N–H and O–H groups in total. The fourth-order valence-corrected chi connectivity index (χ4v) is 5.04. The minimum absolute atomic E-state index is 0.196. The summed E-state index contributed by atoms with van der Waals surface area (Å²) in [5, 5.41) is 0. The predicted octanol–water partition coefficient (Wildman–Crippen LogP) is 3.00. The molecule has 102 valence electrons. The van der Waals surface area contributed by atoms with Gasteiger partial charge in [-0.2, -0.15) is 0 Å². The number of nitrogens with one attached hydrogen (secondary N) is 1. The molecule has 2 aromatic rings. The molecule has 2 aromatic heterocycles. The number of halogens is 1. The highest BCUT2D eigenvalue weighted by Gasteiger charge is 2.19. The zero-order chi connectivity index (χ0) is 14.0. The Morgan fingerprint density at radius 2 is 2.16 bits per heavy atom. The third-order valence-electron chi connectivity index (χ3n) is 2.68. The monoisotopic (exact) mass is 360 g/mol. The number of aromatic nitrogens is 1. The third-order valence-corrected chi connectivity index (χ3v) is 5.89. The van der Waals surface area contributed by atoms with Gasteiger partial charge in [0.1, 0.15) is 0 Å². The van der Waals surface area contributed by atoms with E-state index in [1.807, 2.05) is 19.1 Å². The van der Waals surface area contributed by atoms with Crippen LogP contribution in [0, 0.1) is 13.8 Å². The molecule has 0 radical (unpaired) electrons. The van der Waals surface area contributed by atoms with E-state index in [9.17, 15) is 8.42 Å². The Balaban J connectivity index is 2.19. The Morgan fingerprint density at radius 3 is 2.74 bits per heavy atom. The average molecular weight is 361 g/mol. The molecule has 0 atom stereocenters. The van der Waals surface area contributed by atoms with Gasteiger partial charge in [-0.05, 0) is 47.5 Å². The van der Waals surface area contributed by atoms with E-state index in [2.05, 4.69) is 25.6 Å². The van der Waals surface area contributed by atoms with Crippen molar-refractivity contribution in [3.05, 3.63) is 44.3 Å². The number of sulfonamides is 1. The molecular weight excluding hydrogens is 348 g/mol. The van der Waals surface area contributed by atoms with Crippen molar-refractivity contribution < 1.29 is 8.42 Å². The van der Waals surface area contributed by atoms with Crippen molar-refractivity contribution >= 4 is 37.3 Å². The third kappa shape index (κ3) is 3.42. The first-order chi connectivity index (χ1) is 8.90. The van der Waals surface area contributed by atoms with Crippen LogP contribution in [0.2, 0.25) is 0 Å². The summed E-state index contributed by atoms with van der Waals surface area (Å²) in [5.41, 5.74) is 1.70. The molecule has 0 fully saturated rings. The molecule has 0 unspecified atom stereocenters. The number of pyridine rings is 1. The van der Waals surface area contributed by atoms with Gasteiger partial charge in [0.15, 0.2) is 0 Å². The van der Waals surface area contributed by atoms with E-state index in [1.165, 1.54) is 11.3 Å². The molecule has 0 saturated carbocycles. The highest BCUT2D eigenvalue weighted by molar-refractivity contribution is 9.11. The van der Waals surface area contributed by atoms with Gasteiger partial charge in [-0.1, -0.05) is 6.07 Å². The van der Waals surface area contributed by atoms with Gasteiger partial charge >= 0.3 is 0 Å². The predicted molar refractivity (Wildman–Crippen MR) is 79.8 cm³/mol. The van der Waals surface area contributed by atoms with Crippen molar-refractivity contribution in [3.8, 4) is 0 Å². The number of rotatable bonds is 4. The molecule has 19 heavy (non-hydrogen) atoms. The molecule has 0 saturated heterocycles. The second kappa shape index (κ2) is 5.70. The average Bonchev–Trinajstić information content (AvgIpc) is 2.68. The lowest BCUT2D eigenvalue weighted by atomic mass is 10.2. The largest absolute Gasteiger partial charge is 0.260 e. The maximum absolute atomic E-state index is 12.2. The first kappa shape index (κ1) is 14.6. The minimum atomic E-state index is -3.49. The van der Waals surface area contributed by atoms with E-state index in [1.54, 1.807) is 19.2 Å². The number of hydrogen-bond acceptors (Lipinski definition) is 4. The Labute approximate surface area is 125 Å². The Kier molecular flexibility index (Phi) is 4.39. The van der Waals surface area contributed by atoms with Crippen LogP contribution in [0.5, 0.6) is 0 Å². The molecule has 0 amide bonds. The van der Waals surface area contributed by atoms with Crippen molar-refractivity contribution in [1.82, 2.24) is 9.71 Å². The van der Waals surface area contributed by atoms with E-state index in [0.29, 0.717) is 4.90 Å². The lowest BCUT2D eigenvalue weighted by Gasteiger charge is -2.07. The zero-order valence-electron chi connectivity index (χ0n) is 10.5. The topological polar surface area (TPSA) is 59.1 Å². The van der Waals surface area contributed by atoms with Gasteiger partial charge in [0.05, 0.1) is 20.9 Å². The second-order valence-electron chi connectivity index (χ2n) is 4.06. The number of aryl methyl sites for hydroxylation is 2. The van der Waals surface area contributed by atoms with Crippen molar-refractivity contribution in [1.29, 1.82) is 0 Å². The summed E-state index contributed by atoms with van der Waals surface area (Å²) in [4.78, 5) is 5.25. The summed E-state index contributed by atoms with van der Waals surface area (Å²) in [6.45, 7) is 3.89. The molecule has 0 aliphatic carbocycles. The van der Waals surface area contributed by atoms with Crippen molar-refractivity contribution in [3.63, 3.8) is 0 Å². The van der Waals surface area contributed by atoms with Crippen LogP contribution in [-0.4, -0.2) is 13.4 Å². The Hall–Kier alpha value is -0.760. The summed E-state index contributed by atoms with van der Waals surface area (Å²) in [5.74, 6) is 0. The van der Waals surface area contributed by atoms with Crippen molar-refractivity contribution in [2.75, 3.05) is 0 Å². The number of thiophene rings is 1. The van der Waals surface area contributed by atoms with Crippen molar-refractivity contribution in [2.24, 2.45) is 0 Å². The number of nitrogens with zero attached hydrogens (tertiary/aromatic N) is 1. The molecule has 2 rings (SSSR count). The molecule has 0 bridgehead atoms. The van der Waals surface area contributed by atoms with E-state index < -0.39 is 10.0 Å². The first-order valence-corrected chi connectivity index (χ1v) is 8.65. The number of hydrogen-bond donors (Lipinski definition) is 1. The fourth-order valence-electron chi connectivity index (χ4n) is 1.64. The van der Waals surface area contributed by atoms with Crippen LogP contribution in [0.15, 0.2) is 33.1 Å². The van der Waals surface area contributed by atoms with Gasteiger partial charge < -0.3 is 0 Å². The van der Waals surface area contributed by atoms with Crippen LogP contribution < -0.4 is 4.72 Å². The Bertz CT molecular complexity index is 696. The van der Waals surface area contributed by atoms with Crippen LogP contribution in [0.25, 0.3) is 0 Å². The van der Waals surface area contributed by atoms with Crippen LogP contribution in [0.4, 0.5) is 0 Å². The molecule has 0 spiro atoms. The van der Waals surface area contributed by atoms with E-state index in [-0.39, 0.29) is 6.54 Å². The summed E-state index contributed by atoms with van der Waals surface area (Å²) >= 11 is 4.70. The molecule has 0 aliphatic heterocycles. The summed E-state index contributed by atoms with van der Waals surface area (Å²) < 4.78 is 27.8. The standard InChI is InChI=1S/C12H13BrN2O2S2/c1-8-4-3-5-14-10(8)7-15-19(16,17)11-6-12(13)18-9(11)2/h3-6,15H,7H2,1-2H3. The maximum atomic E-state index is 12.2. The van der Waals surface area contributed by atoms with Gasteiger partial charge in [-0.25, -0.2) is 13.1 Å². The molecule has 7 heteroatoms. The second-order valence-corrected chi connectivity index (χ2v) is 8.43. The first-order valence-electron chi connectivity index (χ1n) is 5.56. The molecular formula is C12H13BrN2O2S2. The van der Waals surface area contributed by atoms with E-state index >= 15 is 0 Å². The van der Waals surface area contributed by atoms with Crippen molar-refractivity contribution in [2.45, 2.75) is 25.3 Å². The zero-order valence-corrected chi connectivity index (χ0v) is 13.7. The van der Waals surface area contributed by atoms with E-state index in [0.717, 1.165) is 19.9 Å². The summed E-state index contributed by atoms with van der Waals surface area (Å²) in [7, 11) is -3.49. The van der Waals surface area contributed by atoms with Gasteiger partial charge in [0.2, 0.25) is 10.0 Å². The molecule has 4 nitrogen and oxygen atoms in total. The Morgan fingerprint density at radius 1 is 1.42 bits per heavy atom. The van der Waals surface area contributed by atoms with Crippen LogP contribution in [0.1, 0.15) is 16.1 Å². The minimum Gasteiger partial charge on any atom is -0.260 e. The normalized spacial score (nSPS) is 11.7. The SMILES string of the molecule is Cc1cccnc1CNS(=O)(=O)c1cc(Br)sc1C.